The van der Waals surface area contributed by atoms with Gasteiger partial charge in [-0.15, -0.1) is 0 Å². The van der Waals surface area contributed by atoms with Gasteiger partial charge in [0.2, 0.25) is 0 Å². The van der Waals surface area contributed by atoms with Crippen molar-refractivity contribution in [3.63, 3.8) is 0 Å². The molecule has 0 heterocycles. The Kier molecular flexibility index (Phi) is 7.40. The Morgan fingerprint density at radius 1 is 1.27 bits per heavy atom. The summed E-state index contributed by atoms with van der Waals surface area (Å²) in [6.07, 6.45) is 5.14. The van der Waals surface area contributed by atoms with Crippen molar-refractivity contribution in [1.82, 2.24) is 4.90 Å². The van der Waals surface area contributed by atoms with Gasteiger partial charge >= 0.3 is 0 Å². The fourth-order valence-electron chi connectivity index (χ4n) is 1.10. The zero-order valence-electron chi connectivity index (χ0n) is 9.19. The van der Waals surface area contributed by atoms with Crippen LogP contribution in [-0.4, -0.2) is 41.4 Å². The van der Waals surface area contributed by atoms with E-state index in [0.29, 0.717) is 18.8 Å². The van der Waals surface area contributed by atoms with Crippen LogP contribution in [0.1, 0.15) is 6.92 Å². The van der Waals surface area contributed by atoms with Gasteiger partial charge < -0.3 is 20.8 Å². The van der Waals surface area contributed by atoms with Crippen LogP contribution in [0.25, 0.3) is 0 Å². The minimum Gasteiger partial charge on any atom is -0.399 e. The molecule has 0 unspecified atom stereocenters. The van der Waals surface area contributed by atoms with Crippen molar-refractivity contribution < 1.29 is 10.2 Å². The molecule has 0 aromatic rings. The lowest BCUT2D eigenvalue weighted by Crippen LogP contribution is -2.28. The quantitative estimate of drug-likeness (QED) is 0.527. The summed E-state index contributed by atoms with van der Waals surface area (Å²) in [5.74, 6) is 0. The van der Waals surface area contributed by atoms with Gasteiger partial charge in [-0.3, -0.25) is 0 Å². The second-order valence-electron chi connectivity index (χ2n) is 3.11. The van der Waals surface area contributed by atoms with Crippen molar-refractivity contribution in [3.8, 4) is 0 Å². The number of rotatable bonds is 7. The van der Waals surface area contributed by atoms with Crippen molar-refractivity contribution in [2.24, 2.45) is 5.73 Å². The Labute approximate surface area is 91.0 Å². The minimum atomic E-state index is 0.0613. The second kappa shape index (κ2) is 8.08. The smallest absolute Gasteiger partial charge is 0.0606 e. The van der Waals surface area contributed by atoms with Crippen LogP contribution in [0.5, 0.6) is 0 Å². The number of nitrogens with zero attached hydrogens (tertiary/aromatic N) is 1. The lowest BCUT2D eigenvalue weighted by atomic mass is 10.3. The topological polar surface area (TPSA) is 69.7 Å². The van der Waals surface area contributed by atoms with Gasteiger partial charge in [-0.2, -0.15) is 0 Å². The molecule has 4 nitrogen and oxygen atoms in total. The molecule has 0 rings (SSSR count). The number of hydrogen-bond donors (Lipinski definition) is 3. The molecule has 0 saturated carbocycles. The van der Waals surface area contributed by atoms with Gasteiger partial charge in [0.1, 0.15) is 0 Å². The highest BCUT2D eigenvalue weighted by molar-refractivity contribution is 5.20. The highest BCUT2D eigenvalue weighted by Gasteiger charge is 2.02. The number of hydrogen-bond acceptors (Lipinski definition) is 4. The van der Waals surface area contributed by atoms with E-state index < -0.39 is 0 Å². The second-order valence-corrected chi connectivity index (χ2v) is 3.11. The first kappa shape index (κ1) is 13.7. The molecule has 4 N–H and O–H groups in total. The Morgan fingerprint density at radius 3 is 2.20 bits per heavy atom. The average Bonchev–Trinajstić information content (AvgIpc) is 2.25. The molecular weight excluding hydrogens is 192 g/mol. The Bertz CT molecular complexity index is 241. The maximum atomic E-state index is 8.83. The predicted octanol–water partition coefficient (Wildman–Crippen LogP) is 0.205. The molecule has 0 saturated heterocycles. The third kappa shape index (κ3) is 5.93. The molecule has 86 valence electrons. The van der Waals surface area contributed by atoms with Crippen molar-refractivity contribution in [2.45, 2.75) is 6.92 Å². The first-order chi connectivity index (χ1) is 7.15. The molecule has 0 aromatic carbocycles. The number of nitrogens with two attached hydrogens (primary N) is 1. The third-order valence-corrected chi connectivity index (χ3v) is 1.99. The fourth-order valence-corrected chi connectivity index (χ4v) is 1.10. The van der Waals surface area contributed by atoms with Gasteiger partial charge in [0.15, 0.2) is 0 Å². The number of aliphatic hydroxyl groups is 2. The molecule has 0 aliphatic carbocycles. The summed E-state index contributed by atoms with van der Waals surface area (Å²) in [5, 5.41) is 17.7. The molecule has 4 heteroatoms. The van der Waals surface area contributed by atoms with Crippen LogP contribution < -0.4 is 5.73 Å². The molecule has 0 radical (unpaired) electrons. The van der Waals surface area contributed by atoms with E-state index in [1.807, 2.05) is 17.9 Å². The van der Waals surface area contributed by atoms with Crippen molar-refractivity contribution in [2.75, 3.05) is 26.3 Å². The summed E-state index contributed by atoms with van der Waals surface area (Å²) < 4.78 is 0. The maximum Gasteiger partial charge on any atom is 0.0606 e. The van der Waals surface area contributed by atoms with Crippen molar-refractivity contribution >= 4 is 0 Å². The van der Waals surface area contributed by atoms with Crippen LogP contribution in [0.2, 0.25) is 0 Å². The standard InChI is InChI=1S/C11H20N2O2/c1-3-11(12)5-4-10(2)13(6-8-14)7-9-15/h3-5,14-15H,1,6-9,12H2,2H3/b10-4+,11-5+. The van der Waals surface area contributed by atoms with E-state index in [2.05, 4.69) is 6.58 Å². The first-order valence-corrected chi connectivity index (χ1v) is 4.88. The third-order valence-electron chi connectivity index (χ3n) is 1.99. The van der Waals surface area contributed by atoms with E-state index in [4.69, 9.17) is 15.9 Å². The van der Waals surface area contributed by atoms with Crippen LogP contribution in [0.15, 0.2) is 36.2 Å². The normalized spacial score (nSPS) is 12.7. The van der Waals surface area contributed by atoms with Gasteiger partial charge in [-0.25, -0.2) is 0 Å². The van der Waals surface area contributed by atoms with Gasteiger partial charge in [-0.05, 0) is 25.2 Å². The van der Waals surface area contributed by atoms with E-state index in [1.54, 1.807) is 12.2 Å². The summed E-state index contributed by atoms with van der Waals surface area (Å²) in [7, 11) is 0. The Morgan fingerprint density at radius 2 is 1.80 bits per heavy atom. The van der Waals surface area contributed by atoms with Crippen molar-refractivity contribution in [1.29, 1.82) is 0 Å². The molecule has 0 fully saturated rings. The van der Waals surface area contributed by atoms with Gasteiger partial charge in [0.25, 0.3) is 0 Å². The molecule has 15 heavy (non-hydrogen) atoms. The molecule has 0 bridgehead atoms. The van der Waals surface area contributed by atoms with Crippen LogP contribution in [0, 0.1) is 0 Å². The van der Waals surface area contributed by atoms with Gasteiger partial charge in [0.05, 0.1) is 13.2 Å². The lowest BCUT2D eigenvalue weighted by Gasteiger charge is -2.23. The summed E-state index contributed by atoms with van der Waals surface area (Å²) in [4.78, 5) is 1.88. The molecule has 0 aliphatic rings. The molecule has 0 aliphatic heterocycles. The highest BCUT2D eigenvalue weighted by atomic mass is 16.3. The van der Waals surface area contributed by atoms with Crippen LogP contribution in [0.3, 0.4) is 0 Å². The van der Waals surface area contributed by atoms with Crippen LogP contribution >= 0.6 is 0 Å². The predicted molar refractivity (Wildman–Crippen MR) is 62.0 cm³/mol. The lowest BCUT2D eigenvalue weighted by molar-refractivity contribution is 0.189. The van der Waals surface area contributed by atoms with E-state index in [9.17, 15) is 0 Å². The van der Waals surface area contributed by atoms with Gasteiger partial charge in [-0.1, -0.05) is 6.58 Å². The van der Waals surface area contributed by atoms with Crippen molar-refractivity contribution in [3.05, 3.63) is 36.2 Å². The summed E-state index contributed by atoms with van der Waals surface area (Å²) in [5.41, 5.74) is 7.08. The molecule has 0 spiro atoms. The Balaban J connectivity index is 4.46. The van der Waals surface area contributed by atoms with Crippen LogP contribution in [-0.2, 0) is 0 Å². The number of aliphatic hydroxyl groups excluding tert-OH is 2. The van der Waals surface area contributed by atoms with Gasteiger partial charge in [0, 0.05) is 24.5 Å². The van der Waals surface area contributed by atoms with Crippen LogP contribution in [0.4, 0.5) is 0 Å². The highest BCUT2D eigenvalue weighted by Crippen LogP contribution is 2.03. The van der Waals surface area contributed by atoms with E-state index in [-0.39, 0.29) is 13.2 Å². The minimum absolute atomic E-state index is 0.0613. The van der Waals surface area contributed by atoms with E-state index in [1.165, 1.54) is 0 Å². The fraction of sp³-hybridized carbons (Fsp3) is 0.455. The zero-order chi connectivity index (χ0) is 11.7. The van der Waals surface area contributed by atoms with E-state index >= 15 is 0 Å². The molecular formula is C11H20N2O2. The zero-order valence-corrected chi connectivity index (χ0v) is 9.19. The average molecular weight is 212 g/mol. The number of allylic oxidation sites excluding steroid dienone is 4. The Hall–Kier alpha value is -1.26. The first-order valence-electron chi connectivity index (χ1n) is 4.88. The molecule has 0 amide bonds. The largest absolute Gasteiger partial charge is 0.399 e. The summed E-state index contributed by atoms with van der Waals surface area (Å²) >= 11 is 0. The summed E-state index contributed by atoms with van der Waals surface area (Å²) in [6.45, 7) is 6.57. The molecule has 0 atom stereocenters. The monoisotopic (exact) mass is 212 g/mol. The maximum absolute atomic E-state index is 8.83. The summed E-state index contributed by atoms with van der Waals surface area (Å²) in [6, 6.07) is 0. The SMILES string of the molecule is C=C/C(N)=C\C=C(/C)N(CCO)CCO. The van der Waals surface area contributed by atoms with E-state index in [0.717, 1.165) is 5.70 Å². The molecule has 0 aromatic heterocycles.